The molecule has 1 saturated heterocycles. The Morgan fingerprint density at radius 1 is 1.53 bits per heavy atom. The van der Waals surface area contributed by atoms with E-state index in [0.29, 0.717) is 17.8 Å². The van der Waals surface area contributed by atoms with Crippen molar-refractivity contribution in [1.82, 2.24) is 0 Å². The first-order valence-electron chi connectivity index (χ1n) is 5.19. The molecule has 1 fully saturated rings. The van der Waals surface area contributed by atoms with Gasteiger partial charge in [0.2, 0.25) is 5.91 Å². The lowest BCUT2D eigenvalue weighted by Crippen LogP contribution is -2.25. The number of hydrogen-bond acceptors (Lipinski definition) is 3. The van der Waals surface area contributed by atoms with Crippen LogP contribution in [-0.2, 0) is 4.79 Å². The zero-order chi connectivity index (χ0) is 12.6. The maximum Gasteiger partial charge on any atom is 0.295 e. The Hall–Kier alpha value is -1.62. The molecule has 0 bridgehead atoms. The summed E-state index contributed by atoms with van der Waals surface area (Å²) in [5.41, 5.74) is 0.855. The van der Waals surface area contributed by atoms with Gasteiger partial charge < -0.3 is 4.90 Å². The van der Waals surface area contributed by atoms with Crippen LogP contribution in [0.5, 0.6) is 0 Å². The van der Waals surface area contributed by atoms with Crippen molar-refractivity contribution in [2.75, 3.05) is 11.4 Å². The van der Waals surface area contributed by atoms with Crippen LogP contribution >= 0.6 is 11.6 Å². The van der Waals surface area contributed by atoms with Crippen molar-refractivity contribution in [3.63, 3.8) is 0 Å². The molecule has 0 radical (unpaired) electrons. The number of carbonyl (C=O) groups is 1. The average Bonchev–Trinajstić information content (AvgIpc) is 2.56. The standard InChI is InChI=1S/C11H11ClN2O3/c1-7-3-2-4-9(11(7)14(16)17)13-6-8(12)5-10(13)15/h2-4,8H,5-6H2,1H3. The van der Waals surface area contributed by atoms with Gasteiger partial charge in [0, 0.05) is 18.5 Å². The SMILES string of the molecule is Cc1cccc(N2CC(Cl)CC2=O)c1[N+](=O)[O-]. The number of aryl methyl sites for hydroxylation is 1. The molecule has 1 heterocycles. The van der Waals surface area contributed by atoms with Gasteiger partial charge >= 0.3 is 0 Å². The normalized spacial score (nSPS) is 19.8. The van der Waals surface area contributed by atoms with E-state index in [9.17, 15) is 14.9 Å². The second-order valence-corrected chi connectivity index (χ2v) is 4.62. The molecule has 0 spiro atoms. The molecular weight excluding hydrogens is 244 g/mol. The first kappa shape index (κ1) is 11.9. The van der Waals surface area contributed by atoms with Gasteiger partial charge in [0.1, 0.15) is 5.69 Å². The first-order chi connectivity index (χ1) is 8.00. The minimum Gasteiger partial charge on any atom is -0.305 e. The molecule has 0 aromatic heterocycles. The molecule has 1 aliphatic rings. The number of para-hydroxylation sites is 1. The molecule has 1 aromatic rings. The molecule has 1 aliphatic heterocycles. The van der Waals surface area contributed by atoms with Gasteiger partial charge in [-0.2, -0.15) is 0 Å². The van der Waals surface area contributed by atoms with Crippen LogP contribution in [0.3, 0.4) is 0 Å². The summed E-state index contributed by atoms with van der Waals surface area (Å²) in [7, 11) is 0. The molecule has 0 aliphatic carbocycles. The number of nitro benzene ring substituents is 1. The molecule has 1 amide bonds. The minimum atomic E-state index is -0.459. The fraction of sp³-hybridized carbons (Fsp3) is 0.364. The van der Waals surface area contributed by atoms with Gasteiger partial charge in [-0.15, -0.1) is 11.6 Å². The Labute approximate surface area is 103 Å². The molecular formula is C11H11ClN2O3. The van der Waals surface area contributed by atoms with Crippen molar-refractivity contribution in [2.45, 2.75) is 18.7 Å². The Morgan fingerprint density at radius 3 is 2.76 bits per heavy atom. The number of rotatable bonds is 2. The van der Waals surface area contributed by atoms with Crippen LogP contribution in [0.25, 0.3) is 0 Å². The Morgan fingerprint density at radius 2 is 2.24 bits per heavy atom. The van der Waals surface area contributed by atoms with Crippen LogP contribution in [0.4, 0.5) is 11.4 Å². The summed E-state index contributed by atoms with van der Waals surface area (Å²) in [5, 5.41) is 10.7. The number of alkyl halides is 1. The number of amides is 1. The summed E-state index contributed by atoms with van der Waals surface area (Å²) in [6.45, 7) is 1.98. The molecule has 17 heavy (non-hydrogen) atoms. The van der Waals surface area contributed by atoms with E-state index in [4.69, 9.17) is 11.6 Å². The van der Waals surface area contributed by atoms with Crippen molar-refractivity contribution in [3.05, 3.63) is 33.9 Å². The molecule has 1 aromatic carbocycles. The molecule has 0 saturated carbocycles. The lowest BCUT2D eigenvalue weighted by Gasteiger charge is -2.16. The lowest BCUT2D eigenvalue weighted by molar-refractivity contribution is -0.384. The number of benzene rings is 1. The third kappa shape index (κ3) is 2.10. The molecule has 1 unspecified atom stereocenters. The van der Waals surface area contributed by atoms with Crippen LogP contribution in [0.15, 0.2) is 18.2 Å². The van der Waals surface area contributed by atoms with Crippen LogP contribution in [0.2, 0.25) is 0 Å². The maximum absolute atomic E-state index is 11.7. The highest BCUT2D eigenvalue weighted by molar-refractivity contribution is 6.24. The second kappa shape index (κ2) is 4.33. The van der Waals surface area contributed by atoms with E-state index in [0.717, 1.165) is 0 Å². The monoisotopic (exact) mass is 254 g/mol. The lowest BCUT2D eigenvalue weighted by atomic mass is 10.1. The summed E-state index contributed by atoms with van der Waals surface area (Å²) >= 11 is 5.89. The second-order valence-electron chi connectivity index (χ2n) is 4.01. The van der Waals surface area contributed by atoms with Gasteiger partial charge in [-0.25, -0.2) is 0 Å². The van der Waals surface area contributed by atoms with Crippen molar-refractivity contribution in [2.24, 2.45) is 0 Å². The number of anilines is 1. The van der Waals surface area contributed by atoms with E-state index < -0.39 is 4.92 Å². The van der Waals surface area contributed by atoms with Crippen molar-refractivity contribution in [3.8, 4) is 0 Å². The van der Waals surface area contributed by atoms with Crippen molar-refractivity contribution in [1.29, 1.82) is 0 Å². The Bertz CT molecular complexity index is 490. The third-order valence-corrected chi connectivity index (χ3v) is 3.06. The summed E-state index contributed by atoms with van der Waals surface area (Å²) < 4.78 is 0. The van der Waals surface area contributed by atoms with E-state index in [1.54, 1.807) is 25.1 Å². The molecule has 2 rings (SSSR count). The summed E-state index contributed by atoms with van der Waals surface area (Å²) in [4.78, 5) is 23.6. The topological polar surface area (TPSA) is 63.5 Å². The Balaban J connectivity index is 2.49. The van der Waals surface area contributed by atoms with Gasteiger partial charge in [0.15, 0.2) is 0 Å². The zero-order valence-corrected chi connectivity index (χ0v) is 9.98. The van der Waals surface area contributed by atoms with Gasteiger partial charge in [0.05, 0.1) is 10.3 Å². The molecule has 0 N–H and O–H groups in total. The van der Waals surface area contributed by atoms with Crippen LogP contribution in [0.1, 0.15) is 12.0 Å². The highest BCUT2D eigenvalue weighted by Crippen LogP contribution is 2.34. The van der Waals surface area contributed by atoms with Gasteiger partial charge in [-0.05, 0) is 13.0 Å². The van der Waals surface area contributed by atoms with E-state index in [-0.39, 0.29) is 23.4 Å². The third-order valence-electron chi connectivity index (χ3n) is 2.77. The van der Waals surface area contributed by atoms with Crippen molar-refractivity contribution >= 4 is 28.9 Å². The fourth-order valence-electron chi connectivity index (χ4n) is 2.00. The van der Waals surface area contributed by atoms with Crippen LogP contribution in [0, 0.1) is 17.0 Å². The van der Waals surface area contributed by atoms with E-state index in [1.165, 1.54) is 4.90 Å². The highest BCUT2D eigenvalue weighted by Gasteiger charge is 2.33. The van der Waals surface area contributed by atoms with E-state index in [2.05, 4.69) is 0 Å². The van der Waals surface area contributed by atoms with E-state index >= 15 is 0 Å². The van der Waals surface area contributed by atoms with E-state index in [1.807, 2.05) is 0 Å². The number of nitrogens with zero attached hydrogens (tertiary/aromatic N) is 2. The van der Waals surface area contributed by atoms with Crippen molar-refractivity contribution < 1.29 is 9.72 Å². The van der Waals surface area contributed by atoms with Crippen LogP contribution < -0.4 is 4.90 Å². The molecule has 6 heteroatoms. The minimum absolute atomic E-state index is 0.0217. The summed E-state index contributed by atoms with van der Waals surface area (Å²) in [5.74, 6) is -0.168. The largest absolute Gasteiger partial charge is 0.305 e. The highest BCUT2D eigenvalue weighted by atomic mass is 35.5. The smallest absolute Gasteiger partial charge is 0.295 e. The average molecular weight is 255 g/mol. The van der Waals surface area contributed by atoms with Gasteiger partial charge in [0.25, 0.3) is 5.69 Å². The molecule has 90 valence electrons. The summed E-state index contributed by atoms with van der Waals surface area (Å²) in [6, 6.07) is 4.94. The first-order valence-corrected chi connectivity index (χ1v) is 5.63. The number of halogens is 1. The predicted molar refractivity (Wildman–Crippen MR) is 64.4 cm³/mol. The number of nitro groups is 1. The number of carbonyl (C=O) groups excluding carboxylic acids is 1. The Kier molecular flexibility index (Phi) is 3.02. The maximum atomic E-state index is 11.7. The van der Waals surface area contributed by atoms with Crippen LogP contribution in [-0.4, -0.2) is 22.8 Å². The van der Waals surface area contributed by atoms with Gasteiger partial charge in [-0.1, -0.05) is 12.1 Å². The number of hydrogen-bond donors (Lipinski definition) is 0. The molecule has 5 nitrogen and oxygen atoms in total. The fourth-order valence-corrected chi connectivity index (χ4v) is 2.27. The van der Waals surface area contributed by atoms with Gasteiger partial charge in [-0.3, -0.25) is 14.9 Å². The predicted octanol–water partition coefficient (Wildman–Crippen LogP) is 2.25. The zero-order valence-electron chi connectivity index (χ0n) is 9.22. The summed E-state index contributed by atoms with van der Waals surface area (Å²) in [6.07, 6.45) is 0.229. The molecule has 1 atom stereocenters. The quantitative estimate of drug-likeness (QED) is 0.462.